The Kier molecular flexibility index (Phi) is 4.83. The van der Waals surface area contributed by atoms with Crippen LogP contribution in [0.4, 0.5) is 5.69 Å². The van der Waals surface area contributed by atoms with Gasteiger partial charge < -0.3 is 4.42 Å². The van der Waals surface area contributed by atoms with Gasteiger partial charge in [0.2, 0.25) is 0 Å². The summed E-state index contributed by atoms with van der Waals surface area (Å²) < 4.78 is 5.71. The van der Waals surface area contributed by atoms with Crippen LogP contribution in [0, 0.1) is 39.7 Å². The van der Waals surface area contributed by atoms with Crippen molar-refractivity contribution in [3.8, 4) is 23.5 Å². The molecular formula is C21H13N3O3. The molecule has 1 aromatic heterocycles. The molecule has 0 fully saturated rings. The van der Waals surface area contributed by atoms with Gasteiger partial charge in [0, 0.05) is 6.07 Å². The van der Waals surface area contributed by atoms with Gasteiger partial charge in [-0.25, -0.2) is 0 Å². The van der Waals surface area contributed by atoms with Crippen molar-refractivity contribution >= 4 is 17.3 Å². The maximum atomic E-state index is 11.3. The first-order valence-electron chi connectivity index (χ1n) is 7.99. The summed E-state index contributed by atoms with van der Waals surface area (Å²) in [7, 11) is 0. The highest BCUT2D eigenvalue weighted by Gasteiger charge is 2.18. The van der Waals surface area contributed by atoms with Crippen molar-refractivity contribution in [2.45, 2.75) is 6.92 Å². The van der Waals surface area contributed by atoms with E-state index >= 15 is 0 Å². The topological polar surface area (TPSA) is 104 Å². The van der Waals surface area contributed by atoms with E-state index in [0.717, 1.165) is 5.56 Å². The lowest BCUT2D eigenvalue weighted by Gasteiger charge is -2.01. The number of aryl methyl sites for hydroxylation is 1. The number of allylic oxidation sites excluding steroid dienone is 1. The van der Waals surface area contributed by atoms with Crippen molar-refractivity contribution in [2.24, 2.45) is 0 Å². The van der Waals surface area contributed by atoms with Gasteiger partial charge in [-0.3, -0.25) is 10.1 Å². The zero-order chi connectivity index (χ0) is 19.4. The Morgan fingerprint density at radius 2 is 1.85 bits per heavy atom. The zero-order valence-corrected chi connectivity index (χ0v) is 14.3. The predicted molar refractivity (Wildman–Crippen MR) is 100 cm³/mol. The van der Waals surface area contributed by atoms with Crippen LogP contribution in [-0.2, 0) is 0 Å². The Hall–Kier alpha value is -4.16. The SMILES string of the molecule is Cc1ccc(-c2ccc(/C=C(/C#N)c3ccc(C#N)cc3)o2)c([N+](=O)[O-])c1. The van der Waals surface area contributed by atoms with Crippen LogP contribution in [0.5, 0.6) is 0 Å². The molecule has 0 bridgehead atoms. The molecule has 0 N–H and O–H groups in total. The van der Waals surface area contributed by atoms with Crippen LogP contribution >= 0.6 is 0 Å². The summed E-state index contributed by atoms with van der Waals surface area (Å²) in [4.78, 5) is 10.9. The summed E-state index contributed by atoms with van der Waals surface area (Å²) >= 11 is 0. The van der Waals surface area contributed by atoms with Crippen LogP contribution in [0.15, 0.2) is 59.0 Å². The molecule has 0 amide bonds. The highest BCUT2D eigenvalue weighted by Crippen LogP contribution is 2.32. The lowest BCUT2D eigenvalue weighted by Crippen LogP contribution is -1.92. The third kappa shape index (κ3) is 3.76. The molecule has 6 heteroatoms. The zero-order valence-electron chi connectivity index (χ0n) is 14.3. The number of hydrogen-bond acceptors (Lipinski definition) is 5. The summed E-state index contributed by atoms with van der Waals surface area (Å²) in [5.74, 6) is 0.755. The highest BCUT2D eigenvalue weighted by atomic mass is 16.6. The average molecular weight is 355 g/mol. The number of benzene rings is 2. The molecule has 0 aliphatic heterocycles. The molecule has 0 spiro atoms. The number of nitro benzene ring substituents is 1. The van der Waals surface area contributed by atoms with Gasteiger partial charge in [-0.2, -0.15) is 10.5 Å². The fourth-order valence-corrected chi connectivity index (χ4v) is 2.62. The first-order chi connectivity index (χ1) is 13.0. The van der Waals surface area contributed by atoms with E-state index in [0.29, 0.717) is 33.8 Å². The van der Waals surface area contributed by atoms with Gasteiger partial charge in [0.15, 0.2) is 0 Å². The van der Waals surface area contributed by atoms with Crippen LogP contribution in [0.25, 0.3) is 23.0 Å². The number of hydrogen-bond donors (Lipinski definition) is 0. The van der Waals surface area contributed by atoms with Gasteiger partial charge in [0.1, 0.15) is 11.5 Å². The summed E-state index contributed by atoms with van der Waals surface area (Å²) in [6.45, 7) is 1.78. The second-order valence-electron chi connectivity index (χ2n) is 5.84. The Bertz CT molecular complexity index is 1130. The molecule has 0 unspecified atom stereocenters. The van der Waals surface area contributed by atoms with E-state index < -0.39 is 4.92 Å². The van der Waals surface area contributed by atoms with Gasteiger partial charge >= 0.3 is 0 Å². The van der Waals surface area contributed by atoms with Crippen molar-refractivity contribution in [1.82, 2.24) is 0 Å². The quantitative estimate of drug-likeness (QED) is 0.368. The molecule has 130 valence electrons. The number of rotatable bonds is 4. The maximum Gasteiger partial charge on any atom is 0.280 e. The van der Waals surface area contributed by atoms with Crippen molar-refractivity contribution in [2.75, 3.05) is 0 Å². The lowest BCUT2D eigenvalue weighted by molar-refractivity contribution is -0.384. The number of nitriles is 2. The minimum atomic E-state index is -0.447. The minimum absolute atomic E-state index is 0.0347. The second kappa shape index (κ2) is 7.38. The summed E-state index contributed by atoms with van der Waals surface area (Å²) in [5.41, 5.74) is 2.64. The van der Waals surface area contributed by atoms with E-state index in [-0.39, 0.29) is 5.69 Å². The van der Waals surface area contributed by atoms with Crippen LogP contribution in [-0.4, -0.2) is 4.92 Å². The average Bonchev–Trinajstić information content (AvgIpc) is 3.14. The fourth-order valence-electron chi connectivity index (χ4n) is 2.62. The third-order valence-electron chi connectivity index (χ3n) is 3.97. The van der Waals surface area contributed by atoms with Crippen molar-refractivity contribution in [3.05, 3.63) is 87.2 Å². The molecule has 0 saturated carbocycles. The number of furan rings is 1. The number of nitrogens with zero attached hydrogens (tertiary/aromatic N) is 3. The molecule has 3 rings (SSSR count). The molecule has 0 aliphatic rings. The van der Waals surface area contributed by atoms with E-state index in [1.807, 2.05) is 6.07 Å². The van der Waals surface area contributed by atoms with Gasteiger partial charge in [-0.1, -0.05) is 18.2 Å². The number of nitro groups is 1. The fraction of sp³-hybridized carbons (Fsp3) is 0.0476. The Labute approximate surface area is 155 Å². The molecule has 0 aliphatic carbocycles. The normalized spacial score (nSPS) is 10.9. The van der Waals surface area contributed by atoms with Gasteiger partial charge in [-0.05, 0) is 54.5 Å². The predicted octanol–water partition coefficient (Wildman–Crippen LogP) is 5.10. The second-order valence-corrected chi connectivity index (χ2v) is 5.84. The molecule has 0 atom stereocenters. The smallest absolute Gasteiger partial charge is 0.280 e. The van der Waals surface area contributed by atoms with Crippen molar-refractivity contribution < 1.29 is 9.34 Å². The minimum Gasteiger partial charge on any atom is -0.456 e. The third-order valence-corrected chi connectivity index (χ3v) is 3.97. The van der Waals surface area contributed by atoms with Crippen LogP contribution in [0.3, 0.4) is 0 Å². The van der Waals surface area contributed by atoms with E-state index in [9.17, 15) is 15.4 Å². The summed E-state index contributed by atoms with van der Waals surface area (Å²) in [6.07, 6.45) is 1.56. The molecule has 1 heterocycles. The summed E-state index contributed by atoms with van der Waals surface area (Å²) in [6, 6.07) is 18.9. The Morgan fingerprint density at radius 1 is 1.11 bits per heavy atom. The van der Waals surface area contributed by atoms with Crippen molar-refractivity contribution in [3.63, 3.8) is 0 Å². The molecule has 0 radical (unpaired) electrons. The Balaban J connectivity index is 1.98. The molecule has 3 aromatic rings. The largest absolute Gasteiger partial charge is 0.456 e. The first kappa shape index (κ1) is 17.7. The molecule has 0 saturated heterocycles. The molecule has 6 nitrogen and oxygen atoms in total. The first-order valence-corrected chi connectivity index (χ1v) is 7.99. The van der Waals surface area contributed by atoms with E-state index in [1.54, 1.807) is 61.5 Å². The van der Waals surface area contributed by atoms with E-state index in [1.165, 1.54) is 6.07 Å². The van der Waals surface area contributed by atoms with Gasteiger partial charge in [0.25, 0.3) is 5.69 Å². The van der Waals surface area contributed by atoms with Crippen LogP contribution in [0.2, 0.25) is 0 Å². The van der Waals surface area contributed by atoms with Crippen LogP contribution < -0.4 is 0 Å². The van der Waals surface area contributed by atoms with E-state index in [2.05, 4.69) is 6.07 Å². The molecule has 2 aromatic carbocycles. The van der Waals surface area contributed by atoms with E-state index in [4.69, 9.17) is 9.68 Å². The summed E-state index contributed by atoms with van der Waals surface area (Å²) in [5, 5.41) is 29.6. The maximum absolute atomic E-state index is 11.3. The standard InChI is InChI=1S/C21H13N3O3/c1-14-2-8-19(20(10-14)24(25)26)21-9-7-18(27-21)11-17(13-23)16-5-3-15(12-22)4-6-16/h2-11H,1H3/b17-11-. The lowest BCUT2D eigenvalue weighted by atomic mass is 10.0. The monoisotopic (exact) mass is 355 g/mol. The Morgan fingerprint density at radius 3 is 2.48 bits per heavy atom. The van der Waals surface area contributed by atoms with Gasteiger partial charge in [0.05, 0.1) is 33.8 Å². The molecular weight excluding hydrogens is 342 g/mol. The van der Waals surface area contributed by atoms with Crippen LogP contribution in [0.1, 0.15) is 22.5 Å². The van der Waals surface area contributed by atoms with Crippen molar-refractivity contribution in [1.29, 1.82) is 10.5 Å². The molecule has 27 heavy (non-hydrogen) atoms. The highest BCUT2D eigenvalue weighted by molar-refractivity contribution is 5.89. The van der Waals surface area contributed by atoms with Gasteiger partial charge in [-0.15, -0.1) is 0 Å².